The molecule has 0 bridgehead atoms. The van der Waals surface area contributed by atoms with Crippen LogP contribution < -0.4 is 0 Å². The van der Waals surface area contributed by atoms with E-state index in [0.717, 1.165) is 0 Å². The molecule has 2 nitrogen and oxygen atoms in total. The first-order chi connectivity index (χ1) is 21.3. The minimum Gasteiger partial charge on any atom is -0.309 e. The van der Waals surface area contributed by atoms with Crippen molar-refractivity contribution in [3.63, 3.8) is 0 Å². The van der Waals surface area contributed by atoms with Crippen LogP contribution in [0.3, 0.4) is 0 Å². The summed E-state index contributed by atoms with van der Waals surface area (Å²) >= 11 is 1.87. The molecular formula is C40H24N2S. The Morgan fingerprint density at radius 1 is 0.326 bits per heavy atom. The minimum absolute atomic E-state index is 1.18. The molecule has 43 heavy (non-hydrogen) atoms. The second-order valence-electron chi connectivity index (χ2n) is 11.4. The van der Waals surface area contributed by atoms with Crippen molar-refractivity contribution in [2.75, 3.05) is 0 Å². The Kier molecular flexibility index (Phi) is 4.63. The quantitative estimate of drug-likeness (QED) is 0.198. The summed E-state index contributed by atoms with van der Waals surface area (Å²) in [6, 6.07) is 53.6. The van der Waals surface area contributed by atoms with Crippen LogP contribution in [0, 0.1) is 0 Å². The lowest BCUT2D eigenvalue weighted by atomic mass is 10.1. The van der Waals surface area contributed by atoms with Crippen LogP contribution >= 0.6 is 11.3 Å². The fourth-order valence-corrected chi connectivity index (χ4v) is 8.24. The van der Waals surface area contributed by atoms with Crippen LogP contribution in [0.1, 0.15) is 0 Å². The van der Waals surface area contributed by atoms with Gasteiger partial charge in [0.05, 0.1) is 22.1 Å². The van der Waals surface area contributed by atoms with E-state index in [0.29, 0.717) is 0 Å². The van der Waals surface area contributed by atoms with Crippen LogP contribution in [-0.2, 0) is 0 Å². The number of thiophene rings is 1. The molecule has 7 aromatic carbocycles. The smallest absolute Gasteiger partial charge is 0.0562 e. The molecule has 0 unspecified atom stereocenters. The van der Waals surface area contributed by atoms with Gasteiger partial charge < -0.3 is 9.13 Å². The molecule has 10 rings (SSSR count). The Labute approximate surface area is 251 Å². The van der Waals surface area contributed by atoms with Gasteiger partial charge in [-0.1, -0.05) is 84.9 Å². The average molecular weight is 565 g/mol. The maximum Gasteiger partial charge on any atom is 0.0562 e. The molecule has 0 saturated carbocycles. The molecule has 3 heteroatoms. The van der Waals surface area contributed by atoms with E-state index in [9.17, 15) is 0 Å². The van der Waals surface area contributed by atoms with Gasteiger partial charge in [-0.15, -0.1) is 11.3 Å². The number of benzene rings is 7. The van der Waals surface area contributed by atoms with Crippen molar-refractivity contribution in [3.05, 3.63) is 146 Å². The SMILES string of the molecule is c1ccc2cc(-n3c4ccccc4c4cc5c6ccccc6n(-c6ccc7sc8ccccc8c7c6)c5cc43)ccc2c1. The van der Waals surface area contributed by atoms with Crippen LogP contribution in [0.25, 0.3) is 85.9 Å². The van der Waals surface area contributed by atoms with E-state index in [1.54, 1.807) is 0 Å². The van der Waals surface area contributed by atoms with Crippen LogP contribution in [0.2, 0.25) is 0 Å². The Balaban J connectivity index is 1.33. The number of hydrogen-bond acceptors (Lipinski definition) is 1. The zero-order valence-corrected chi connectivity index (χ0v) is 24.0. The summed E-state index contributed by atoms with van der Waals surface area (Å²) in [6.07, 6.45) is 0. The van der Waals surface area contributed by atoms with Crippen LogP contribution in [0.4, 0.5) is 0 Å². The molecule has 3 heterocycles. The molecule has 0 N–H and O–H groups in total. The van der Waals surface area contributed by atoms with Gasteiger partial charge in [0.15, 0.2) is 0 Å². The van der Waals surface area contributed by atoms with E-state index in [1.807, 2.05) is 11.3 Å². The zero-order chi connectivity index (χ0) is 28.1. The highest BCUT2D eigenvalue weighted by molar-refractivity contribution is 7.25. The molecule has 0 spiro atoms. The second-order valence-corrected chi connectivity index (χ2v) is 12.5. The molecule has 0 saturated heterocycles. The number of nitrogens with zero attached hydrogens (tertiary/aromatic N) is 2. The van der Waals surface area contributed by atoms with Crippen LogP contribution in [-0.4, -0.2) is 9.13 Å². The van der Waals surface area contributed by atoms with Gasteiger partial charge in [0.2, 0.25) is 0 Å². The number of hydrogen-bond donors (Lipinski definition) is 0. The molecule has 0 atom stereocenters. The lowest BCUT2D eigenvalue weighted by molar-refractivity contribution is 1.17. The molecular weight excluding hydrogens is 541 g/mol. The molecule has 0 aliphatic rings. The molecule has 10 aromatic rings. The van der Waals surface area contributed by atoms with E-state index in [1.165, 1.54) is 85.9 Å². The molecule has 0 aliphatic heterocycles. The third-order valence-corrected chi connectivity index (χ3v) is 10.2. The van der Waals surface area contributed by atoms with E-state index in [4.69, 9.17) is 0 Å². The predicted octanol–water partition coefficient (Wildman–Crippen LogP) is 11.4. The summed E-state index contributed by atoms with van der Waals surface area (Å²) in [5, 5.41) is 10.2. The Hall–Kier alpha value is -5.38. The van der Waals surface area contributed by atoms with Crippen LogP contribution in [0.15, 0.2) is 146 Å². The molecule has 200 valence electrons. The summed E-state index contributed by atoms with van der Waals surface area (Å²) in [7, 11) is 0. The van der Waals surface area contributed by atoms with E-state index in [-0.39, 0.29) is 0 Å². The second kappa shape index (κ2) is 8.57. The average Bonchev–Trinajstić information content (AvgIpc) is 3.70. The third-order valence-electron chi connectivity index (χ3n) is 9.08. The first-order valence-electron chi connectivity index (χ1n) is 14.7. The standard InChI is InChI=1S/C40H24N2S/c1-2-10-26-21-27(18-17-25(26)9-1)41-35-14-6-3-11-29(35)32-23-33-30-12-4-7-15-36(30)42(38(33)24-37(32)41)28-19-20-40-34(22-28)31-13-5-8-16-39(31)43-40/h1-24H. The Morgan fingerprint density at radius 2 is 0.884 bits per heavy atom. The Morgan fingerprint density at radius 3 is 1.63 bits per heavy atom. The number of rotatable bonds is 2. The topological polar surface area (TPSA) is 9.86 Å². The predicted molar refractivity (Wildman–Crippen MR) is 186 cm³/mol. The maximum absolute atomic E-state index is 2.46. The molecule has 3 aromatic heterocycles. The number of para-hydroxylation sites is 2. The van der Waals surface area contributed by atoms with Gasteiger partial charge in [-0.05, 0) is 71.4 Å². The highest BCUT2D eigenvalue weighted by atomic mass is 32.1. The van der Waals surface area contributed by atoms with Crippen molar-refractivity contribution in [2.24, 2.45) is 0 Å². The van der Waals surface area contributed by atoms with Crippen molar-refractivity contribution in [1.29, 1.82) is 0 Å². The Bertz CT molecular complexity index is 2740. The zero-order valence-electron chi connectivity index (χ0n) is 23.2. The first-order valence-corrected chi connectivity index (χ1v) is 15.5. The molecule has 0 radical (unpaired) electrons. The van der Waals surface area contributed by atoms with E-state index in [2.05, 4.69) is 155 Å². The lowest BCUT2D eigenvalue weighted by Gasteiger charge is -2.11. The van der Waals surface area contributed by atoms with Gasteiger partial charge in [0, 0.05) is 53.1 Å². The van der Waals surface area contributed by atoms with Gasteiger partial charge in [-0.25, -0.2) is 0 Å². The van der Waals surface area contributed by atoms with Crippen LogP contribution in [0.5, 0.6) is 0 Å². The number of fused-ring (bicyclic) bond motifs is 10. The fourth-order valence-electron chi connectivity index (χ4n) is 7.16. The van der Waals surface area contributed by atoms with E-state index < -0.39 is 0 Å². The summed E-state index contributed by atoms with van der Waals surface area (Å²) in [5.74, 6) is 0. The van der Waals surface area contributed by atoms with Crippen molar-refractivity contribution >= 4 is 85.9 Å². The third kappa shape index (κ3) is 3.23. The monoisotopic (exact) mass is 564 g/mol. The summed E-state index contributed by atoms with van der Waals surface area (Å²) in [6.45, 7) is 0. The minimum atomic E-state index is 1.18. The van der Waals surface area contributed by atoms with Gasteiger partial charge in [0.25, 0.3) is 0 Å². The summed E-state index contributed by atoms with van der Waals surface area (Å²) < 4.78 is 7.55. The summed E-state index contributed by atoms with van der Waals surface area (Å²) in [4.78, 5) is 0. The van der Waals surface area contributed by atoms with Gasteiger partial charge in [0.1, 0.15) is 0 Å². The van der Waals surface area contributed by atoms with Gasteiger partial charge in [-0.2, -0.15) is 0 Å². The fraction of sp³-hybridized carbons (Fsp3) is 0. The van der Waals surface area contributed by atoms with E-state index >= 15 is 0 Å². The molecule has 0 fully saturated rings. The highest BCUT2D eigenvalue weighted by Crippen LogP contribution is 2.41. The normalized spacial score (nSPS) is 12.2. The largest absolute Gasteiger partial charge is 0.309 e. The summed E-state index contributed by atoms with van der Waals surface area (Å²) in [5.41, 5.74) is 7.26. The first kappa shape index (κ1) is 23.2. The van der Waals surface area contributed by atoms with Crippen molar-refractivity contribution in [2.45, 2.75) is 0 Å². The van der Waals surface area contributed by atoms with Gasteiger partial charge in [-0.3, -0.25) is 0 Å². The maximum atomic E-state index is 2.46. The van der Waals surface area contributed by atoms with Crippen molar-refractivity contribution in [1.82, 2.24) is 9.13 Å². The van der Waals surface area contributed by atoms with Crippen molar-refractivity contribution in [3.8, 4) is 11.4 Å². The molecule has 0 aliphatic carbocycles. The van der Waals surface area contributed by atoms with Crippen molar-refractivity contribution < 1.29 is 0 Å². The van der Waals surface area contributed by atoms with Gasteiger partial charge >= 0.3 is 0 Å². The number of aromatic nitrogens is 2. The lowest BCUT2D eigenvalue weighted by Crippen LogP contribution is -1.96. The highest BCUT2D eigenvalue weighted by Gasteiger charge is 2.19. The molecule has 0 amide bonds.